The Bertz CT molecular complexity index is 503. The van der Waals surface area contributed by atoms with Gasteiger partial charge in [0.05, 0.1) is 0 Å². The number of carbonyl (C=O) groups is 1. The average Bonchev–Trinajstić information content (AvgIpc) is 2.74. The van der Waals surface area contributed by atoms with Crippen molar-refractivity contribution < 1.29 is 9.90 Å². The third-order valence-corrected chi connectivity index (χ3v) is 7.60. The van der Waals surface area contributed by atoms with Gasteiger partial charge in [0.2, 0.25) is 0 Å². The number of unbranched alkanes of at least 4 members (excludes halogenated alkanes) is 5. The normalized spacial score (nSPS) is 28.7. The minimum Gasteiger partial charge on any atom is -0.478 e. The molecule has 0 aromatic rings. The van der Waals surface area contributed by atoms with Gasteiger partial charge in [0.25, 0.3) is 0 Å². The molecule has 0 saturated heterocycles. The van der Waals surface area contributed by atoms with Crippen LogP contribution in [0.25, 0.3) is 0 Å². The van der Waals surface area contributed by atoms with Crippen molar-refractivity contribution in [1.29, 1.82) is 0 Å². The third kappa shape index (κ3) is 8.69. The van der Waals surface area contributed by atoms with E-state index in [1.54, 1.807) is 0 Å². The monoisotopic (exact) mass is 402 g/mol. The van der Waals surface area contributed by atoms with E-state index in [-0.39, 0.29) is 5.92 Å². The quantitative estimate of drug-likeness (QED) is 0.202. The highest BCUT2D eigenvalue weighted by molar-refractivity contribution is 5.87. The van der Waals surface area contributed by atoms with Crippen LogP contribution in [0.4, 0.5) is 0 Å². The fraction of sp³-hybridized carbons (Fsp3) is 0.815. The Morgan fingerprint density at radius 1 is 0.828 bits per heavy atom. The molecular weight excluding hydrogens is 356 g/mol. The van der Waals surface area contributed by atoms with Crippen LogP contribution in [-0.4, -0.2) is 11.1 Å². The van der Waals surface area contributed by atoms with Gasteiger partial charge in [0.15, 0.2) is 0 Å². The zero-order valence-electron chi connectivity index (χ0n) is 19.2. The smallest absolute Gasteiger partial charge is 0.331 e. The van der Waals surface area contributed by atoms with Gasteiger partial charge >= 0.3 is 5.97 Å². The zero-order chi connectivity index (χ0) is 20.9. The molecule has 2 aliphatic carbocycles. The van der Waals surface area contributed by atoms with Crippen molar-refractivity contribution in [2.75, 3.05) is 0 Å². The molecule has 0 aliphatic heterocycles. The van der Waals surface area contributed by atoms with Gasteiger partial charge in [-0.2, -0.15) is 0 Å². The minimum atomic E-state index is -0.714. The largest absolute Gasteiger partial charge is 0.478 e. The number of hydrogen-bond acceptors (Lipinski definition) is 1. The molecule has 2 rings (SSSR count). The Labute approximate surface area is 180 Å². The molecule has 2 saturated carbocycles. The van der Waals surface area contributed by atoms with E-state index in [0.29, 0.717) is 5.57 Å². The summed E-state index contributed by atoms with van der Waals surface area (Å²) in [5, 5.41) is 9.64. The molecule has 0 spiro atoms. The summed E-state index contributed by atoms with van der Waals surface area (Å²) >= 11 is 0. The van der Waals surface area contributed by atoms with Crippen LogP contribution < -0.4 is 0 Å². The highest BCUT2D eigenvalue weighted by Crippen LogP contribution is 2.43. The first kappa shape index (κ1) is 24.2. The molecule has 2 aliphatic rings. The van der Waals surface area contributed by atoms with Gasteiger partial charge < -0.3 is 5.11 Å². The maximum absolute atomic E-state index is 11.7. The first-order valence-electron chi connectivity index (χ1n) is 12.8. The molecule has 1 N–H and O–H groups in total. The van der Waals surface area contributed by atoms with E-state index in [1.165, 1.54) is 77.0 Å². The Kier molecular flexibility index (Phi) is 11.7. The van der Waals surface area contributed by atoms with Crippen molar-refractivity contribution >= 4 is 5.97 Å². The molecule has 2 fully saturated rings. The van der Waals surface area contributed by atoms with Gasteiger partial charge in [-0.25, -0.2) is 4.79 Å². The molecule has 0 atom stereocenters. The molecule has 2 nitrogen and oxygen atoms in total. The Balaban J connectivity index is 1.70. The van der Waals surface area contributed by atoms with E-state index in [2.05, 4.69) is 19.9 Å². The second-order valence-electron chi connectivity index (χ2n) is 9.74. The van der Waals surface area contributed by atoms with Crippen LogP contribution in [-0.2, 0) is 4.79 Å². The van der Waals surface area contributed by atoms with Crippen molar-refractivity contribution in [3.05, 3.63) is 23.8 Å². The lowest BCUT2D eigenvalue weighted by molar-refractivity contribution is -0.133. The Hall–Kier alpha value is -1.05. The van der Waals surface area contributed by atoms with Gasteiger partial charge in [-0.05, 0) is 68.6 Å². The summed E-state index contributed by atoms with van der Waals surface area (Å²) in [5.41, 5.74) is 0.641. The summed E-state index contributed by atoms with van der Waals surface area (Å²) in [6.07, 6.45) is 26.9. The van der Waals surface area contributed by atoms with Gasteiger partial charge in [-0.3, -0.25) is 0 Å². The molecule has 0 heterocycles. The van der Waals surface area contributed by atoms with Gasteiger partial charge in [-0.1, -0.05) is 89.9 Å². The fourth-order valence-electron chi connectivity index (χ4n) is 5.70. The Morgan fingerprint density at radius 2 is 1.45 bits per heavy atom. The van der Waals surface area contributed by atoms with Crippen LogP contribution >= 0.6 is 0 Å². The van der Waals surface area contributed by atoms with E-state index >= 15 is 0 Å². The van der Waals surface area contributed by atoms with E-state index in [9.17, 15) is 9.90 Å². The minimum absolute atomic E-state index is 0.259. The highest BCUT2D eigenvalue weighted by atomic mass is 16.4. The summed E-state index contributed by atoms with van der Waals surface area (Å²) < 4.78 is 0. The zero-order valence-corrected chi connectivity index (χ0v) is 19.2. The summed E-state index contributed by atoms with van der Waals surface area (Å²) in [6, 6.07) is 0. The number of carboxylic acid groups (broad SMARTS) is 1. The molecule has 0 unspecified atom stereocenters. The Morgan fingerprint density at radius 3 is 2.03 bits per heavy atom. The molecular formula is C27H46O2. The molecule has 0 bridgehead atoms. The second-order valence-corrected chi connectivity index (χ2v) is 9.74. The summed E-state index contributed by atoms with van der Waals surface area (Å²) in [6.45, 7) is 4.44. The fourth-order valence-corrected chi connectivity index (χ4v) is 5.70. The average molecular weight is 403 g/mol. The molecule has 29 heavy (non-hydrogen) atoms. The number of carboxylic acids is 1. The van der Waals surface area contributed by atoms with Crippen molar-refractivity contribution in [3.8, 4) is 0 Å². The van der Waals surface area contributed by atoms with Crippen LogP contribution in [0.1, 0.15) is 117 Å². The van der Waals surface area contributed by atoms with E-state index in [0.717, 1.165) is 43.4 Å². The standard InChI is InChI=1S/C27H46O2/c1-3-5-7-9-10-12-22-14-16-23(17-15-22)24-18-20-25(21-19-24)26(27(28)29)13-11-8-6-4-2/h8,11,13,22-25H,3-7,9-10,12,14-21H2,1-2H3,(H,28,29). The van der Waals surface area contributed by atoms with E-state index < -0.39 is 5.97 Å². The first-order valence-corrected chi connectivity index (χ1v) is 12.8. The molecule has 0 radical (unpaired) electrons. The van der Waals surface area contributed by atoms with Gasteiger partial charge in [-0.15, -0.1) is 0 Å². The topological polar surface area (TPSA) is 37.3 Å². The second kappa shape index (κ2) is 14.0. The third-order valence-electron chi connectivity index (χ3n) is 7.60. The van der Waals surface area contributed by atoms with E-state index in [4.69, 9.17) is 0 Å². The number of hydrogen-bond donors (Lipinski definition) is 1. The van der Waals surface area contributed by atoms with Gasteiger partial charge in [0, 0.05) is 5.57 Å². The molecule has 0 aromatic heterocycles. The molecule has 166 valence electrons. The molecule has 0 amide bonds. The van der Waals surface area contributed by atoms with Crippen molar-refractivity contribution in [2.24, 2.45) is 23.7 Å². The lowest BCUT2D eigenvalue weighted by Crippen LogP contribution is -2.27. The van der Waals surface area contributed by atoms with Gasteiger partial charge in [0.1, 0.15) is 0 Å². The SMILES string of the molecule is CCCC=CC=C(C(=O)O)C1CCC(C2CCC(CCCCCCC)CC2)CC1. The molecule has 2 heteroatoms. The predicted molar refractivity (Wildman–Crippen MR) is 124 cm³/mol. The first-order chi connectivity index (χ1) is 14.2. The van der Waals surface area contributed by atoms with Crippen LogP contribution in [0.3, 0.4) is 0 Å². The van der Waals surface area contributed by atoms with Crippen molar-refractivity contribution in [2.45, 2.75) is 117 Å². The van der Waals surface area contributed by atoms with Crippen molar-refractivity contribution in [3.63, 3.8) is 0 Å². The maximum atomic E-state index is 11.7. The lowest BCUT2D eigenvalue weighted by atomic mass is 9.67. The summed E-state index contributed by atoms with van der Waals surface area (Å²) in [7, 11) is 0. The van der Waals surface area contributed by atoms with Crippen LogP contribution in [0.15, 0.2) is 23.8 Å². The summed E-state index contributed by atoms with van der Waals surface area (Å²) in [4.78, 5) is 11.7. The number of aliphatic carboxylic acids is 1. The number of rotatable bonds is 12. The van der Waals surface area contributed by atoms with Crippen LogP contribution in [0, 0.1) is 23.7 Å². The summed E-state index contributed by atoms with van der Waals surface area (Å²) in [5.74, 6) is 2.29. The van der Waals surface area contributed by atoms with Crippen molar-refractivity contribution in [1.82, 2.24) is 0 Å². The lowest BCUT2D eigenvalue weighted by Gasteiger charge is -2.38. The van der Waals surface area contributed by atoms with Crippen LogP contribution in [0.5, 0.6) is 0 Å². The number of allylic oxidation sites excluding steroid dienone is 3. The van der Waals surface area contributed by atoms with Crippen LogP contribution in [0.2, 0.25) is 0 Å². The predicted octanol–water partition coefficient (Wildman–Crippen LogP) is 8.33. The maximum Gasteiger partial charge on any atom is 0.331 e. The molecule has 0 aromatic carbocycles. The van der Waals surface area contributed by atoms with E-state index in [1.807, 2.05) is 12.2 Å². The highest BCUT2D eigenvalue weighted by Gasteiger charge is 2.32.